The zero-order valence-corrected chi connectivity index (χ0v) is 8.81. The molecular weight excluding hydrogens is 249 g/mol. The minimum atomic E-state index is -0.684. The first-order chi connectivity index (χ1) is 6.59. The summed E-state index contributed by atoms with van der Waals surface area (Å²) in [7, 11) is 0. The van der Waals surface area contributed by atoms with Gasteiger partial charge in [0.1, 0.15) is 0 Å². The van der Waals surface area contributed by atoms with Crippen LogP contribution in [0.4, 0.5) is 4.39 Å². The number of nitrogens with zero attached hydrogens (tertiary/aromatic N) is 1. The van der Waals surface area contributed by atoms with Gasteiger partial charge in [-0.15, -0.1) is 0 Å². The molecule has 2 nitrogen and oxygen atoms in total. The topological polar surface area (TPSA) is 44.0 Å². The Kier molecular flexibility index (Phi) is 2.00. The average Bonchev–Trinajstić information content (AvgIpc) is 2.92. The molecule has 1 aromatic carbocycles. The first-order valence-electron chi connectivity index (χ1n) is 4.19. The highest BCUT2D eigenvalue weighted by Gasteiger charge is 2.47. The van der Waals surface area contributed by atoms with E-state index in [1.165, 1.54) is 6.07 Å². The number of aromatic hydroxyl groups is 1. The van der Waals surface area contributed by atoms with E-state index >= 15 is 0 Å². The third kappa shape index (κ3) is 1.28. The molecule has 1 aliphatic rings. The van der Waals surface area contributed by atoms with Crippen molar-refractivity contribution in [2.45, 2.75) is 18.3 Å². The third-order valence-electron chi connectivity index (χ3n) is 2.51. The van der Waals surface area contributed by atoms with Crippen molar-refractivity contribution in [3.63, 3.8) is 0 Å². The van der Waals surface area contributed by atoms with Crippen molar-refractivity contribution < 1.29 is 9.50 Å². The summed E-state index contributed by atoms with van der Waals surface area (Å²) in [6.45, 7) is 0. The normalized spacial score (nSPS) is 17.5. The van der Waals surface area contributed by atoms with Crippen LogP contribution in [0, 0.1) is 17.1 Å². The van der Waals surface area contributed by atoms with Crippen LogP contribution in [0.5, 0.6) is 5.75 Å². The van der Waals surface area contributed by atoms with Crippen LogP contribution in [0.15, 0.2) is 16.6 Å². The number of hydrogen-bond acceptors (Lipinski definition) is 2. The van der Waals surface area contributed by atoms with Gasteiger partial charge in [0, 0.05) is 10.0 Å². The Morgan fingerprint density at radius 3 is 2.64 bits per heavy atom. The first-order valence-corrected chi connectivity index (χ1v) is 4.98. The molecular formula is C10H7BrFNO. The summed E-state index contributed by atoms with van der Waals surface area (Å²) in [4.78, 5) is 0. The summed E-state index contributed by atoms with van der Waals surface area (Å²) >= 11 is 3.14. The monoisotopic (exact) mass is 255 g/mol. The number of benzene rings is 1. The highest BCUT2D eigenvalue weighted by atomic mass is 79.9. The zero-order valence-electron chi connectivity index (χ0n) is 7.22. The van der Waals surface area contributed by atoms with Crippen molar-refractivity contribution in [3.8, 4) is 11.8 Å². The minimum absolute atomic E-state index is 0.395. The second-order valence-corrected chi connectivity index (χ2v) is 4.39. The largest absolute Gasteiger partial charge is 0.505 e. The quantitative estimate of drug-likeness (QED) is 0.839. The molecule has 1 fully saturated rings. The van der Waals surface area contributed by atoms with Gasteiger partial charge in [-0.3, -0.25) is 0 Å². The maximum atomic E-state index is 13.1. The molecule has 0 bridgehead atoms. The second kappa shape index (κ2) is 2.96. The van der Waals surface area contributed by atoms with Crippen molar-refractivity contribution >= 4 is 15.9 Å². The van der Waals surface area contributed by atoms with Gasteiger partial charge in [-0.25, -0.2) is 4.39 Å². The molecule has 0 saturated heterocycles. The van der Waals surface area contributed by atoms with E-state index in [1.807, 2.05) is 0 Å². The predicted octanol–water partition coefficient (Wildman–Crippen LogP) is 2.85. The molecule has 0 amide bonds. The van der Waals surface area contributed by atoms with E-state index in [-0.39, 0.29) is 0 Å². The molecule has 0 radical (unpaired) electrons. The Balaban J connectivity index is 2.59. The number of hydrogen-bond donors (Lipinski definition) is 1. The van der Waals surface area contributed by atoms with Gasteiger partial charge in [0.2, 0.25) is 0 Å². The molecule has 4 heteroatoms. The molecule has 2 rings (SSSR count). The van der Waals surface area contributed by atoms with Gasteiger partial charge in [-0.1, -0.05) is 15.9 Å². The van der Waals surface area contributed by atoms with Crippen molar-refractivity contribution in [1.82, 2.24) is 0 Å². The van der Waals surface area contributed by atoms with Gasteiger partial charge in [0.25, 0.3) is 0 Å². The van der Waals surface area contributed by atoms with Gasteiger partial charge >= 0.3 is 0 Å². The van der Waals surface area contributed by atoms with Crippen molar-refractivity contribution in [3.05, 3.63) is 28.0 Å². The number of phenolic OH excluding ortho intramolecular Hbond substituents is 1. The molecule has 0 aromatic heterocycles. The van der Waals surface area contributed by atoms with Crippen LogP contribution in [-0.4, -0.2) is 5.11 Å². The lowest BCUT2D eigenvalue weighted by atomic mass is 9.96. The lowest BCUT2D eigenvalue weighted by Crippen LogP contribution is -2.03. The highest BCUT2D eigenvalue weighted by molar-refractivity contribution is 9.10. The summed E-state index contributed by atoms with van der Waals surface area (Å²) in [5.74, 6) is -1.08. The Hall–Kier alpha value is -1.08. The van der Waals surface area contributed by atoms with Crippen LogP contribution in [0.2, 0.25) is 0 Å². The molecule has 1 N–H and O–H groups in total. The van der Waals surface area contributed by atoms with E-state index in [9.17, 15) is 9.50 Å². The maximum absolute atomic E-state index is 13.1. The lowest BCUT2D eigenvalue weighted by Gasteiger charge is -2.09. The number of nitriles is 1. The highest BCUT2D eigenvalue weighted by Crippen LogP contribution is 2.51. The molecule has 72 valence electrons. The molecule has 1 saturated carbocycles. The molecule has 14 heavy (non-hydrogen) atoms. The van der Waals surface area contributed by atoms with Crippen molar-refractivity contribution in [1.29, 1.82) is 5.26 Å². The van der Waals surface area contributed by atoms with E-state index in [2.05, 4.69) is 22.0 Å². The van der Waals surface area contributed by atoms with Gasteiger partial charge in [-0.05, 0) is 25.0 Å². The van der Waals surface area contributed by atoms with Crippen LogP contribution in [0.3, 0.4) is 0 Å². The van der Waals surface area contributed by atoms with Gasteiger partial charge in [0.05, 0.1) is 11.5 Å². The van der Waals surface area contributed by atoms with Crippen LogP contribution < -0.4 is 0 Å². The SMILES string of the molecule is N#CC1(c2cc(Br)cc(F)c2O)CC1. The van der Waals surface area contributed by atoms with Crippen LogP contribution in [0.25, 0.3) is 0 Å². The van der Waals surface area contributed by atoms with E-state index < -0.39 is 17.0 Å². The molecule has 0 spiro atoms. The summed E-state index contributed by atoms with van der Waals surface area (Å²) in [6, 6.07) is 4.91. The lowest BCUT2D eigenvalue weighted by molar-refractivity contribution is 0.422. The number of phenols is 1. The van der Waals surface area contributed by atoms with Crippen LogP contribution in [0.1, 0.15) is 18.4 Å². The van der Waals surface area contributed by atoms with Crippen molar-refractivity contribution in [2.75, 3.05) is 0 Å². The van der Waals surface area contributed by atoms with Gasteiger partial charge in [0.15, 0.2) is 11.6 Å². The Morgan fingerprint density at radius 2 is 2.14 bits per heavy atom. The smallest absolute Gasteiger partial charge is 0.166 e. The molecule has 0 atom stereocenters. The Labute approximate surface area is 89.1 Å². The van der Waals surface area contributed by atoms with E-state index in [1.54, 1.807) is 6.07 Å². The molecule has 0 unspecified atom stereocenters. The summed E-state index contributed by atoms with van der Waals surface area (Å²) in [5, 5.41) is 18.4. The van der Waals surface area contributed by atoms with Crippen LogP contribution in [-0.2, 0) is 5.41 Å². The van der Waals surface area contributed by atoms with E-state index in [0.29, 0.717) is 22.9 Å². The predicted molar refractivity (Wildman–Crippen MR) is 52.3 cm³/mol. The third-order valence-corrected chi connectivity index (χ3v) is 2.97. The van der Waals surface area contributed by atoms with Gasteiger partial charge in [-0.2, -0.15) is 5.26 Å². The van der Waals surface area contributed by atoms with Gasteiger partial charge < -0.3 is 5.11 Å². The Morgan fingerprint density at radius 1 is 1.50 bits per heavy atom. The molecule has 0 aliphatic heterocycles. The van der Waals surface area contributed by atoms with E-state index in [0.717, 1.165) is 0 Å². The second-order valence-electron chi connectivity index (χ2n) is 3.48. The summed E-state index contributed by atoms with van der Waals surface area (Å²) in [5.41, 5.74) is -0.263. The first kappa shape index (κ1) is 9.47. The van der Waals surface area contributed by atoms with Crippen molar-refractivity contribution in [2.24, 2.45) is 0 Å². The fourth-order valence-electron chi connectivity index (χ4n) is 1.50. The molecule has 0 heterocycles. The minimum Gasteiger partial charge on any atom is -0.505 e. The number of rotatable bonds is 1. The summed E-state index contributed by atoms with van der Waals surface area (Å²) < 4.78 is 13.7. The van der Waals surface area contributed by atoms with Crippen LogP contribution >= 0.6 is 15.9 Å². The fourth-order valence-corrected chi connectivity index (χ4v) is 1.93. The fraction of sp³-hybridized carbons (Fsp3) is 0.300. The number of halogens is 2. The van der Waals surface area contributed by atoms with E-state index in [4.69, 9.17) is 5.26 Å². The maximum Gasteiger partial charge on any atom is 0.166 e. The molecule has 1 aromatic rings. The standard InChI is InChI=1S/C10H7BrFNO/c11-6-3-7(9(14)8(12)4-6)10(5-13)1-2-10/h3-4,14H,1-2H2. The summed E-state index contributed by atoms with van der Waals surface area (Å²) in [6.07, 6.45) is 1.37. The molecule has 1 aliphatic carbocycles. The zero-order chi connectivity index (χ0) is 10.3. The average molecular weight is 256 g/mol. The Bertz CT molecular complexity index is 434.